The zero-order valence-electron chi connectivity index (χ0n) is 15.2. The molecule has 1 atom stereocenters. The molecule has 0 N–H and O–H groups in total. The number of hydrogen-bond acceptors (Lipinski definition) is 4. The Kier molecular flexibility index (Phi) is 5.36. The van der Waals surface area contributed by atoms with Crippen LogP contribution in [0.3, 0.4) is 0 Å². The van der Waals surface area contributed by atoms with Crippen molar-refractivity contribution in [3.05, 3.63) is 41.5 Å². The van der Waals surface area contributed by atoms with Crippen LogP contribution in [0.25, 0.3) is 0 Å². The van der Waals surface area contributed by atoms with Crippen LogP contribution in [-0.2, 0) is 11.3 Å². The quantitative estimate of drug-likeness (QED) is 0.838. The van der Waals surface area contributed by atoms with E-state index in [9.17, 15) is 4.79 Å². The maximum Gasteiger partial charge on any atom is 0.260 e. The van der Waals surface area contributed by atoms with Crippen LogP contribution in [0.15, 0.2) is 24.5 Å². The number of amides is 1. The van der Waals surface area contributed by atoms with Crippen LogP contribution in [0, 0.1) is 13.8 Å². The smallest absolute Gasteiger partial charge is 0.260 e. The minimum atomic E-state index is 0.0353. The minimum absolute atomic E-state index is 0.0353. The first-order valence-corrected chi connectivity index (χ1v) is 8.94. The Morgan fingerprint density at radius 3 is 3.00 bits per heavy atom. The van der Waals surface area contributed by atoms with Crippen molar-refractivity contribution in [2.45, 2.75) is 46.1 Å². The van der Waals surface area contributed by atoms with Gasteiger partial charge >= 0.3 is 0 Å². The fourth-order valence-electron chi connectivity index (χ4n) is 3.33. The molecular formula is C19H26N4O2. The van der Waals surface area contributed by atoms with Gasteiger partial charge in [-0.25, -0.2) is 0 Å². The Bertz CT molecular complexity index is 741. The first kappa shape index (κ1) is 17.5. The summed E-state index contributed by atoms with van der Waals surface area (Å²) in [5.41, 5.74) is 2.18. The zero-order valence-corrected chi connectivity index (χ0v) is 15.2. The van der Waals surface area contributed by atoms with Crippen LogP contribution < -0.4 is 4.74 Å². The molecule has 2 aromatic rings. The fourth-order valence-corrected chi connectivity index (χ4v) is 3.33. The van der Waals surface area contributed by atoms with Crippen molar-refractivity contribution in [2.75, 3.05) is 19.7 Å². The summed E-state index contributed by atoms with van der Waals surface area (Å²) < 4.78 is 7.84. The number of hydrogen-bond donors (Lipinski definition) is 0. The van der Waals surface area contributed by atoms with E-state index in [1.54, 1.807) is 6.33 Å². The molecule has 2 heterocycles. The molecular weight excluding hydrogens is 316 g/mol. The highest BCUT2D eigenvalue weighted by molar-refractivity contribution is 5.78. The van der Waals surface area contributed by atoms with Crippen molar-refractivity contribution >= 4 is 5.91 Å². The summed E-state index contributed by atoms with van der Waals surface area (Å²) in [5.74, 6) is 2.05. The van der Waals surface area contributed by atoms with Gasteiger partial charge < -0.3 is 14.2 Å². The van der Waals surface area contributed by atoms with Crippen molar-refractivity contribution in [1.29, 1.82) is 0 Å². The third-order valence-electron chi connectivity index (χ3n) is 4.82. The van der Waals surface area contributed by atoms with E-state index in [0.29, 0.717) is 6.54 Å². The summed E-state index contributed by atoms with van der Waals surface area (Å²) in [5, 5.41) is 8.28. The van der Waals surface area contributed by atoms with Crippen molar-refractivity contribution in [2.24, 2.45) is 0 Å². The molecule has 1 aromatic heterocycles. The molecule has 1 aliphatic rings. The van der Waals surface area contributed by atoms with E-state index in [4.69, 9.17) is 4.74 Å². The maximum absolute atomic E-state index is 12.6. The highest BCUT2D eigenvalue weighted by Crippen LogP contribution is 2.26. The minimum Gasteiger partial charge on any atom is -0.483 e. The van der Waals surface area contributed by atoms with Crippen LogP contribution >= 0.6 is 0 Å². The van der Waals surface area contributed by atoms with Crippen LogP contribution in [0.4, 0.5) is 0 Å². The average Bonchev–Trinajstić information content (AvgIpc) is 3.11. The van der Waals surface area contributed by atoms with Gasteiger partial charge in [0.25, 0.3) is 5.91 Å². The molecule has 1 unspecified atom stereocenters. The Hall–Kier alpha value is -2.37. The van der Waals surface area contributed by atoms with Gasteiger partial charge in [-0.1, -0.05) is 12.1 Å². The second kappa shape index (κ2) is 7.68. The summed E-state index contributed by atoms with van der Waals surface area (Å²) in [6, 6.07) is 6.04. The van der Waals surface area contributed by atoms with E-state index in [-0.39, 0.29) is 18.4 Å². The van der Waals surface area contributed by atoms with Gasteiger partial charge in [0.1, 0.15) is 17.9 Å². The van der Waals surface area contributed by atoms with E-state index in [1.807, 2.05) is 36.9 Å². The van der Waals surface area contributed by atoms with Crippen LogP contribution in [0.1, 0.15) is 42.6 Å². The van der Waals surface area contributed by atoms with E-state index in [1.165, 1.54) is 0 Å². The highest BCUT2D eigenvalue weighted by Gasteiger charge is 2.27. The van der Waals surface area contributed by atoms with Gasteiger partial charge in [-0.3, -0.25) is 4.79 Å². The van der Waals surface area contributed by atoms with Crippen molar-refractivity contribution < 1.29 is 9.53 Å². The molecule has 25 heavy (non-hydrogen) atoms. The Labute approximate surface area is 148 Å². The maximum atomic E-state index is 12.6. The predicted octanol–water partition coefficient (Wildman–Crippen LogP) is 2.70. The number of piperidine rings is 1. The lowest BCUT2D eigenvalue weighted by Crippen LogP contribution is -2.42. The molecule has 1 amide bonds. The third-order valence-corrected chi connectivity index (χ3v) is 4.82. The van der Waals surface area contributed by atoms with Crippen molar-refractivity contribution in [3.8, 4) is 5.75 Å². The largest absolute Gasteiger partial charge is 0.483 e. The van der Waals surface area contributed by atoms with Gasteiger partial charge in [0.05, 0.1) is 0 Å². The molecule has 0 saturated carbocycles. The Balaban J connectivity index is 1.61. The van der Waals surface area contributed by atoms with Gasteiger partial charge in [0.15, 0.2) is 6.61 Å². The summed E-state index contributed by atoms with van der Waals surface area (Å²) in [6.45, 7) is 8.50. The number of carbonyl (C=O) groups is 1. The van der Waals surface area contributed by atoms with Gasteiger partial charge in [-0.05, 0) is 50.8 Å². The topological polar surface area (TPSA) is 60.2 Å². The van der Waals surface area contributed by atoms with Crippen LogP contribution in [0.2, 0.25) is 0 Å². The molecule has 1 aromatic carbocycles. The standard InChI is InChI=1S/C19H26N4O2/c1-4-22-13-20-21-19(22)16-6-5-9-23(11-16)18(24)12-25-17-10-14(2)7-8-15(17)3/h7-8,10,13,16H,4-6,9,11-12H2,1-3H3. The fraction of sp³-hybridized carbons (Fsp3) is 0.526. The Morgan fingerprint density at radius 2 is 2.20 bits per heavy atom. The molecule has 1 saturated heterocycles. The lowest BCUT2D eigenvalue weighted by atomic mass is 9.97. The third kappa shape index (κ3) is 4.00. The normalized spacial score (nSPS) is 17.6. The van der Waals surface area contributed by atoms with Gasteiger partial charge in [-0.2, -0.15) is 0 Å². The lowest BCUT2D eigenvalue weighted by molar-refractivity contribution is -0.134. The van der Waals surface area contributed by atoms with Crippen LogP contribution in [0.5, 0.6) is 5.75 Å². The summed E-state index contributed by atoms with van der Waals surface area (Å²) in [4.78, 5) is 14.5. The molecule has 0 spiro atoms. The number of benzene rings is 1. The number of aryl methyl sites for hydroxylation is 3. The van der Waals surface area contributed by atoms with Crippen LogP contribution in [-0.4, -0.2) is 45.3 Å². The highest BCUT2D eigenvalue weighted by atomic mass is 16.5. The lowest BCUT2D eigenvalue weighted by Gasteiger charge is -2.32. The van der Waals surface area contributed by atoms with Gasteiger partial charge in [-0.15, -0.1) is 10.2 Å². The molecule has 6 heteroatoms. The monoisotopic (exact) mass is 342 g/mol. The van der Waals surface area contributed by atoms with E-state index >= 15 is 0 Å². The first-order chi connectivity index (χ1) is 12.1. The number of nitrogens with zero attached hydrogens (tertiary/aromatic N) is 4. The molecule has 1 aliphatic heterocycles. The predicted molar refractivity (Wildman–Crippen MR) is 95.7 cm³/mol. The first-order valence-electron chi connectivity index (χ1n) is 8.94. The van der Waals surface area contributed by atoms with Gasteiger partial charge in [0.2, 0.25) is 0 Å². The number of likely N-dealkylation sites (tertiary alicyclic amines) is 1. The molecule has 134 valence electrons. The summed E-state index contributed by atoms with van der Waals surface area (Å²) in [6.07, 6.45) is 3.79. The van der Waals surface area contributed by atoms with E-state index < -0.39 is 0 Å². The SMILES string of the molecule is CCn1cnnc1C1CCCN(C(=O)COc2cc(C)ccc2C)C1. The van der Waals surface area contributed by atoms with Crippen molar-refractivity contribution in [1.82, 2.24) is 19.7 Å². The Morgan fingerprint density at radius 1 is 1.36 bits per heavy atom. The van der Waals surface area contributed by atoms with Gasteiger partial charge in [0, 0.05) is 25.6 Å². The van der Waals surface area contributed by atoms with Crippen molar-refractivity contribution in [3.63, 3.8) is 0 Å². The summed E-state index contributed by atoms with van der Waals surface area (Å²) >= 11 is 0. The molecule has 0 radical (unpaired) electrons. The summed E-state index contributed by atoms with van der Waals surface area (Å²) in [7, 11) is 0. The number of rotatable bonds is 5. The zero-order chi connectivity index (χ0) is 17.8. The average molecular weight is 342 g/mol. The number of carbonyl (C=O) groups excluding carboxylic acids is 1. The number of aromatic nitrogens is 3. The second-order valence-electron chi connectivity index (χ2n) is 6.71. The molecule has 0 bridgehead atoms. The molecule has 1 fully saturated rings. The molecule has 0 aliphatic carbocycles. The number of ether oxygens (including phenoxy) is 1. The van der Waals surface area contributed by atoms with E-state index in [2.05, 4.69) is 21.7 Å². The molecule has 6 nitrogen and oxygen atoms in total. The second-order valence-corrected chi connectivity index (χ2v) is 6.71. The molecule has 3 rings (SSSR count). The van der Waals surface area contributed by atoms with E-state index in [0.717, 1.165) is 48.6 Å².